The van der Waals surface area contributed by atoms with E-state index in [2.05, 4.69) is 5.32 Å². The van der Waals surface area contributed by atoms with E-state index in [0.717, 1.165) is 16.7 Å². The standard InChI is InChI=1S/C21H20N2O5/c1-3-26-15-9-17-16(27-11-28-17)8-14(15)19-18-20(24)23(19,21(25)22-18)10-13-6-4-12(2)5-7-13/h4-9,18-19H,3,10-11H2,1-2H3/p+1. The zero-order valence-electron chi connectivity index (χ0n) is 15.7. The van der Waals surface area contributed by atoms with Gasteiger partial charge < -0.3 is 14.2 Å². The normalized spacial score (nSPS) is 26.8. The Morgan fingerprint density at radius 2 is 1.86 bits per heavy atom. The third-order valence-corrected chi connectivity index (χ3v) is 5.77. The molecule has 1 N–H and O–H groups in total. The van der Waals surface area contributed by atoms with E-state index in [0.29, 0.717) is 30.4 Å². The van der Waals surface area contributed by atoms with Crippen molar-refractivity contribution in [2.24, 2.45) is 0 Å². The quantitative estimate of drug-likeness (QED) is 0.490. The number of hydrogen-bond donors (Lipinski definition) is 1. The number of quaternary nitrogens is 1. The minimum absolute atomic E-state index is 0.101. The van der Waals surface area contributed by atoms with Crippen LogP contribution in [0.4, 0.5) is 4.79 Å². The van der Waals surface area contributed by atoms with Crippen molar-refractivity contribution in [2.45, 2.75) is 32.5 Å². The highest BCUT2D eigenvalue weighted by Gasteiger charge is 2.76. The van der Waals surface area contributed by atoms with E-state index >= 15 is 0 Å². The van der Waals surface area contributed by atoms with Crippen molar-refractivity contribution in [3.05, 3.63) is 53.1 Å². The van der Waals surface area contributed by atoms with Gasteiger partial charge in [-0.25, -0.2) is 9.59 Å². The van der Waals surface area contributed by atoms with Crippen LogP contribution in [0.1, 0.15) is 29.7 Å². The van der Waals surface area contributed by atoms with Gasteiger partial charge in [-0.3, -0.25) is 5.32 Å². The lowest BCUT2D eigenvalue weighted by molar-refractivity contribution is -0.837. The van der Waals surface area contributed by atoms with Gasteiger partial charge in [0.05, 0.1) is 12.2 Å². The van der Waals surface area contributed by atoms with Crippen molar-refractivity contribution in [1.82, 2.24) is 5.32 Å². The van der Waals surface area contributed by atoms with Crippen molar-refractivity contribution < 1.29 is 28.3 Å². The molecule has 0 spiro atoms. The molecule has 3 fully saturated rings. The first-order valence-electron chi connectivity index (χ1n) is 9.39. The molecule has 3 amide bonds. The van der Waals surface area contributed by atoms with Crippen molar-refractivity contribution >= 4 is 11.9 Å². The Morgan fingerprint density at radius 1 is 1.14 bits per heavy atom. The predicted octanol–water partition coefficient (Wildman–Crippen LogP) is 2.81. The number of nitrogens with zero attached hydrogens (tertiary/aromatic N) is 1. The number of rotatable bonds is 5. The highest BCUT2D eigenvalue weighted by Crippen LogP contribution is 2.53. The first-order valence-corrected chi connectivity index (χ1v) is 9.39. The summed E-state index contributed by atoms with van der Waals surface area (Å²) >= 11 is 0. The molecule has 4 heterocycles. The number of benzene rings is 2. The third-order valence-electron chi connectivity index (χ3n) is 5.77. The number of nitrogens with one attached hydrogen (secondary N) is 1. The Balaban J connectivity index is 1.59. The second-order valence-corrected chi connectivity index (χ2v) is 7.40. The lowest BCUT2D eigenvalue weighted by atomic mass is 9.86. The molecule has 3 atom stereocenters. The summed E-state index contributed by atoms with van der Waals surface area (Å²) in [4.78, 5) is 25.8. The highest BCUT2D eigenvalue weighted by molar-refractivity contribution is 6.00. The first-order chi connectivity index (χ1) is 13.5. The van der Waals surface area contributed by atoms with Gasteiger partial charge in [-0.2, -0.15) is 4.48 Å². The maximum Gasteiger partial charge on any atom is 0.426 e. The van der Waals surface area contributed by atoms with E-state index in [1.165, 1.54) is 0 Å². The van der Waals surface area contributed by atoms with Gasteiger partial charge >= 0.3 is 11.9 Å². The van der Waals surface area contributed by atoms with Crippen molar-refractivity contribution in [3.8, 4) is 17.2 Å². The van der Waals surface area contributed by atoms with Crippen LogP contribution >= 0.6 is 0 Å². The number of fused-ring (bicyclic) bond motifs is 2. The number of carbonyl (C=O) groups is 2. The summed E-state index contributed by atoms with van der Waals surface area (Å²) < 4.78 is 16.5. The number of amides is 3. The molecule has 3 saturated heterocycles. The molecule has 0 aliphatic carbocycles. The molecule has 0 radical (unpaired) electrons. The summed E-state index contributed by atoms with van der Waals surface area (Å²) in [6, 6.07) is 10.4. The fourth-order valence-corrected chi connectivity index (χ4v) is 4.41. The average Bonchev–Trinajstić information content (AvgIpc) is 3.32. The lowest BCUT2D eigenvalue weighted by Gasteiger charge is -2.42. The molecular weight excluding hydrogens is 360 g/mol. The fourth-order valence-electron chi connectivity index (χ4n) is 4.41. The van der Waals surface area contributed by atoms with Gasteiger partial charge in [0.15, 0.2) is 17.5 Å². The number of carbonyl (C=O) groups excluding carboxylic acids is 2. The summed E-state index contributed by atoms with van der Waals surface area (Å²) in [5.74, 6) is 1.75. The number of aryl methyl sites for hydroxylation is 1. The highest BCUT2D eigenvalue weighted by atomic mass is 16.7. The Bertz CT molecular complexity index is 977. The van der Waals surface area contributed by atoms with Crippen LogP contribution in [0, 0.1) is 6.92 Å². The van der Waals surface area contributed by atoms with Crippen molar-refractivity contribution in [2.75, 3.05) is 13.4 Å². The van der Waals surface area contributed by atoms with Gasteiger partial charge in [0, 0.05) is 11.6 Å². The molecule has 2 aromatic carbocycles. The minimum Gasteiger partial charge on any atom is -0.493 e. The Morgan fingerprint density at radius 3 is 2.54 bits per heavy atom. The molecule has 28 heavy (non-hydrogen) atoms. The van der Waals surface area contributed by atoms with E-state index < -0.39 is 6.04 Å². The van der Waals surface area contributed by atoms with Gasteiger partial charge in [0.1, 0.15) is 12.3 Å². The second kappa shape index (κ2) is 5.97. The van der Waals surface area contributed by atoms with E-state index in [4.69, 9.17) is 14.2 Å². The van der Waals surface area contributed by atoms with Crippen LogP contribution < -0.4 is 19.5 Å². The van der Waals surface area contributed by atoms with Crippen LogP contribution in [0.2, 0.25) is 0 Å². The molecule has 7 heteroatoms. The number of ether oxygens (including phenoxy) is 3. The molecule has 4 aliphatic rings. The topological polar surface area (TPSA) is 73.9 Å². The molecule has 2 aromatic rings. The summed E-state index contributed by atoms with van der Waals surface area (Å²) in [5, 5.41) is 2.85. The van der Waals surface area contributed by atoms with Crippen LogP contribution in [0.3, 0.4) is 0 Å². The van der Waals surface area contributed by atoms with Crippen LogP contribution in [0.25, 0.3) is 0 Å². The number of β-lactam (4-membered cyclic amide) rings is 1. The maximum absolute atomic E-state index is 12.9. The molecule has 3 unspecified atom stereocenters. The lowest BCUT2D eigenvalue weighted by Crippen LogP contribution is -2.66. The summed E-state index contributed by atoms with van der Waals surface area (Å²) in [5.41, 5.74) is 2.87. The van der Waals surface area contributed by atoms with Crippen LogP contribution in [-0.4, -0.2) is 35.9 Å². The molecule has 6 rings (SSSR count). The fraction of sp³-hybridized carbons (Fsp3) is 0.333. The zero-order valence-corrected chi connectivity index (χ0v) is 15.7. The van der Waals surface area contributed by atoms with E-state index in [1.807, 2.05) is 44.2 Å². The van der Waals surface area contributed by atoms with Crippen LogP contribution in [0.15, 0.2) is 36.4 Å². The second-order valence-electron chi connectivity index (χ2n) is 7.40. The summed E-state index contributed by atoms with van der Waals surface area (Å²) in [6.07, 6.45) is 0. The molecule has 7 nitrogen and oxygen atoms in total. The summed E-state index contributed by atoms with van der Waals surface area (Å²) in [7, 11) is 0. The maximum atomic E-state index is 12.9. The van der Waals surface area contributed by atoms with E-state index in [1.54, 1.807) is 6.07 Å². The van der Waals surface area contributed by atoms with Crippen molar-refractivity contribution in [1.29, 1.82) is 0 Å². The van der Waals surface area contributed by atoms with Gasteiger partial charge in [-0.1, -0.05) is 29.8 Å². The molecule has 0 saturated carbocycles. The Labute approximate surface area is 162 Å². The average molecular weight is 381 g/mol. The molecule has 0 aromatic heterocycles. The van der Waals surface area contributed by atoms with E-state index in [-0.39, 0.29) is 29.3 Å². The number of urea groups is 1. The molecule has 4 aliphatic heterocycles. The monoisotopic (exact) mass is 381 g/mol. The third kappa shape index (κ3) is 2.19. The van der Waals surface area contributed by atoms with Crippen LogP contribution in [0.5, 0.6) is 17.2 Å². The Kier molecular flexibility index (Phi) is 3.64. The Hall–Kier alpha value is -3.06. The summed E-state index contributed by atoms with van der Waals surface area (Å²) in [6.45, 7) is 4.84. The predicted molar refractivity (Wildman–Crippen MR) is 98.9 cm³/mol. The smallest absolute Gasteiger partial charge is 0.426 e. The van der Waals surface area contributed by atoms with E-state index in [9.17, 15) is 9.59 Å². The number of hydrogen-bond acceptors (Lipinski definition) is 5. The van der Waals surface area contributed by atoms with Gasteiger partial charge in [-0.05, 0) is 19.9 Å². The molecular formula is C21H21N2O5+. The van der Waals surface area contributed by atoms with Gasteiger partial charge in [-0.15, -0.1) is 0 Å². The molecule has 144 valence electrons. The van der Waals surface area contributed by atoms with Crippen molar-refractivity contribution in [3.63, 3.8) is 0 Å². The minimum atomic E-state index is -0.544. The van der Waals surface area contributed by atoms with Crippen LogP contribution in [-0.2, 0) is 11.3 Å². The molecule has 2 bridgehead atoms. The van der Waals surface area contributed by atoms with Gasteiger partial charge in [0.25, 0.3) is 0 Å². The SMILES string of the molecule is CCOc1cc2c(cc1C1C3NC(=O)[N+]1(Cc1ccc(C)cc1)C3=O)OCO2. The first kappa shape index (κ1) is 17.1. The van der Waals surface area contributed by atoms with Gasteiger partial charge in [0.2, 0.25) is 12.8 Å². The largest absolute Gasteiger partial charge is 0.493 e. The zero-order chi connectivity index (χ0) is 19.5. The number of imide groups is 1.